The molecule has 84 valence electrons. The third-order valence-electron chi connectivity index (χ3n) is 2.23. The van der Waals surface area contributed by atoms with Gasteiger partial charge in [0.2, 0.25) is 0 Å². The Morgan fingerprint density at radius 3 is 2.00 bits per heavy atom. The second-order valence-electron chi connectivity index (χ2n) is 3.53. The summed E-state index contributed by atoms with van der Waals surface area (Å²) in [6.45, 7) is 7.45. The average Bonchev–Trinajstić information content (AvgIpc) is 2.22. The molecule has 15 heavy (non-hydrogen) atoms. The van der Waals surface area contributed by atoms with Gasteiger partial charge >= 0.3 is 0 Å². The summed E-state index contributed by atoms with van der Waals surface area (Å²) in [5.74, 6) is 0. The topological polar surface area (TPSA) is 18.5 Å². The van der Waals surface area contributed by atoms with Gasteiger partial charge in [-0.1, -0.05) is 29.8 Å². The van der Waals surface area contributed by atoms with Crippen LogP contribution in [0.5, 0.6) is 0 Å². The molecule has 2 nitrogen and oxygen atoms in total. The van der Waals surface area contributed by atoms with E-state index in [1.165, 1.54) is 11.1 Å². The quantitative estimate of drug-likeness (QED) is 0.669. The number of aryl methyl sites for hydroxylation is 1. The molecule has 2 heteroatoms. The molecule has 1 aromatic carbocycles. The lowest BCUT2D eigenvalue weighted by molar-refractivity contribution is -0.134. The van der Waals surface area contributed by atoms with E-state index in [4.69, 9.17) is 9.47 Å². The van der Waals surface area contributed by atoms with Crippen molar-refractivity contribution in [2.45, 2.75) is 33.5 Å². The fourth-order valence-electron chi connectivity index (χ4n) is 1.45. The van der Waals surface area contributed by atoms with E-state index in [1.54, 1.807) is 0 Å². The van der Waals surface area contributed by atoms with Crippen molar-refractivity contribution in [3.8, 4) is 0 Å². The van der Waals surface area contributed by atoms with Crippen LogP contribution in [0.4, 0.5) is 0 Å². The monoisotopic (exact) mass is 208 g/mol. The highest BCUT2D eigenvalue weighted by molar-refractivity contribution is 5.21. The van der Waals surface area contributed by atoms with Crippen molar-refractivity contribution >= 4 is 0 Å². The number of hydrogen-bond acceptors (Lipinski definition) is 2. The highest BCUT2D eigenvalue weighted by atomic mass is 16.7. The Hall–Kier alpha value is -0.860. The summed E-state index contributed by atoms with van der Waals surface area (Å²) in [7, 11) is 0. The molecule has 0 amide bonds. The summed E-state index contributed by atoms with van der Waals surface area (Å²) in [6, 6.07) is 8.48. The maximum atomic E-state index is 5.49. The van der Waals surface area contributed by atoms with Crippen molar-refractivity contribution in [1.29, 1.82) is 0 Å². The third kappa shape index (κ3) is 4.45. The molecule has 1 rings (SSSR count). The van der Waals surface area contributed by atoms with E-state index in [0.717, 1.165) is 6.42 Å². The lowest BCUT2D eigenvalue weighted by Crippen LogP contribution is -2.20. The van der Waals surface area contributed by atoms with Gasteiger partial charge in [0.25, 0.3) is 0 Å². The van der Waals surface area contributed by atoms with E-state index in [0.29, 0.717) is 13.2 Å². The molecule has 0 saturated heterocycles. The molecule has 0 unspecified atom stereocenters. The Balaban J connectivity index is 2.53. The lowest BCUT2D eigenvalue weighted by Gasteiger charge is -2.16. The van der Waals surface area contributed by atoms with Gasteiger partial charge in [-0.05, 0) is 26.3 Å². The first-order chi connectivity index (χ1) is 7.26. The highest BCUT2D eigenvalue weighted by Gasteiger charge is 2.08. The van der Waals surface area contributed by atoms with Crippen LogP contribution < -0.4 is 0 Å². The molecule has 0 bridgehead atoms. The Morgan fingerprint density at radius 1 is 1.00 bits per heavy atom. The molecule has 0 aliphatic carbocycles. The summed E-state index contributed by atoms with van der Waals surface area (Å²) in [5, 5.41) is 0. The predicted molar refractivity (Wildman–Crippen MR) is 61.9 cm³/mol. The summed E-state index contributed by atoms with van der Waals surface area (Å²) < 4.78 is 11.0. The number of benzene rings is 1. The SMILES string of the molecule is CCOC(Cc1ccc(C)cc1)OCC. The second-order valence-corrected chi connectivity index (χ2v) is 3.53. The van der Waals surface area contributed by atoms with Gasteiger partial charge in [0.1, 0.15) is 0 Å². The van der Waals surface area contributed by atoms with Crippen LogP contribution in [0.3, 0.4) is 0 Å². The summed E-state index contributed by atoms with van der Waals surface area (Å²) >= 11 is 0. The number of rotatable bonds is 6. The van der Waals surface area contributed by atoms with E-state index in [-0.39, 0.29) is 6.29 Å². The van der Waals surface area contributed by atoms with Crippen molar-refractivity contribution in [3.05, 3.63) is 35.4 Å². The molecule has 0 saturated carbocycles. The van der Waals surface area contributed by atoms with Crippen molar-refractivity contribution in [1.82, 2.24) is 0 Å². The van der Waals surface area contributed by atoms with Gasteiger partial charge in [-0.25, -0.2) is 0 Å². The van der Waals surface area contributed by atoms with Crippen LogP contribution in [0.25, 0.3) is 0 Å². The lowest BCUT2D eigenvalue weighted by atomic mass is 10.1. The molecule has 0 aliphatic rings. The average molecular weight is 208 g/mol. The molecule has 0 spiro atoms. The minimum absolute atomic E-state index is 0.109. The maximum Gasteiger partial charge on any atom is 0.161 e. The van der Waals surface area contributed by atoms with Crippen molar-refractivity contribution in [2.75, 3.05) is 13.2 Å². The smallest absolute Gasteiger partial charge is 0.161 e. The van der Waals surface area contributed by atoms with E-state index in [1.807, 2.05) is 13.8 Å². The van der Waals surface area contributed by atoms with Crippen LogP contribution in [0, 0.1) is 6.92 Å². The van der Waals surface area contributed by atoms with Crippen LogP contribution >= 0.6 is 0 Å². The van der Waals surface area contributed by atoms with Crippen molar-refractivity contribution < 1.29 is 9.47 Å². The van der Waals surface area contributed by atoms with Crippen LogP contribution in [-0.2, 0) is 15.9 Å². The van der Waals surface area contributed by atoms with Crippen molar-refractivity contribution in [3.63, 3.8) is 0 Å². The van der Waals surface area contributed by atoms with Crippen LogP contribution in [0.2, 0.25) is 0 Å². The molecular weight excluding hydrogens is 188 g/mol. The van der Waals surface area contributed by atoms with Gasteiger partial charge in [-0.15, -0.1) is 0 Å². The summed E-state index contributed by atoms with van der Waals surface area (Å²) in [4.78, 5) is 0. The Kier molecular flexibility index (Phi) is 5.37. The van der Waals surface area contributed by atoms with Gasteiger partial charge in [0.05, 0.1) is 0 Å². The first-order valence-electron chi connectivity index (χ1n) is 5.55. The first-order valence-corrected chi connectivity index (χ1v) is 5.55. The van der Waals surface area contributed by atoms with Crippen LogP contribution in [-0.4, -0.2) is 19.5 Å². The molecule has 0 radical (unpaired) electrons. The van der Waals surface area contributed by atoms with E-state index in [2.05, 4.69) is 31.2 Å². The molecule has 0 N–H and O–H groups in total. The number of ether oxygens (including phenoxy) is 2. The van der Waals surface area contributed by atoms with Crippen molar-refractivity contribution in [2.24, 2.45) is 0 Å². The van der Waals surface area contributed by atoms with E-state index < -0.39 is 0 Å². The molecular formula is C13H20O2. The van der Waals surface area contributed by atoms with Gasteiger partial charge < -0.3 is 9.47 Å². The van der Waals surface area contributed by atoms with Gasteiger partial charge in [0, 0.05) is 19.6 Å². The second kappa shape index (κ2) is 6.59. The summed E-state index contributed by atoms with van der Waals surface area (Å²) in [6.07, 6.45) is 0.713. The standard InChI is InChI=1S/C13H20O2/c1-4-14-13(15-5-2)10-12-8-6-11(3)7-9-12/h6-9,13H,4-5,10H2,1-3H3. The fourth-order valence-corrected chi connectivity index (χ4v) is 1.45. The van der Waals surface area contributed by atoms with Crippen LogP contribution in [0.15, 0.2) is 24.3 Å². The molecule has 0 atom stereocenters. The largest absolute Gasteiger partial charge is 0.353 e. The highest BCUT2D eigenvalue weighted by Crippen LogP contribution is 2.09. The zero-order valence-electron chi connectivity index (χ0n) is 9.82. The predicted octanol–water partition coefficient (Wildman–Crippen LogP) is 2.94. The Labute approximate surface area is 92.2 Å². The maximum absolute atomic E-state index is 5.49. The first kappa shape index (κ1) is 12.2. The molecule has 1 aromatic rings. The minimum atomic E-state index is -0.109. The van der Waals surface area contributed by atoms with Gasteiger partial charge in [-0.3, -0.25) is 0 Å². The zero-order chi connectivity index (χ0) is 11.1. The zero-order valence-corrected chi connectivity index (χ0v) is 9.82. The Morgan fingerprint density at radius 2 is 1.53 bits per heavy atom. The van der Waals surface area contributed by atoms with Gasteiger partial charge in [0.15, 0.2) is 6.29 Å². The molecule has 0 fully saturated rings. The van der Waals surface area contributed by atoms with Crippen LogP contribution in [0.1, 0.15) is 25.0 Å². The van der Waals surface area contributed by atoms with E-state index >= 15 is 0 Å². The molecule has 0 heterocycles. The minimum Gasteiger partial charge on any atom is -0.353 e. The normalized spacial score (nSPS) is 10.9. The van der Waals surface area contributed by atoms with E-state index in [9.17, 15) is 0 Å². The molecule has 0 aromatic heterocycles. The number of hydrogen-bond donors (Lipinski definition) is 0. The summed E-state index contributed by atoms with van der Waals surface area (Å²) in [5.41, 5.74) is 2.54. The Bertz CT molecular complexity index is 260. The van der Waals surface area contributed by atoms with Gasteiger partial charge in [-0.2, -0.15) is 0 Å². The molecule has 0 aliphatic heterocycles. The third-order valence-corrected chi connectivity index (χ3v) is 2.23. The fraction of sp³-hybridized carbons (Fsp3) is 0.538.